The fourth-order valence-corrected chi connectivity index (χ4v) is 1.13. The molecule has 0 saturated carbocycles. The summed E-state index contributed by atoms with van der Waals surface area (Å²) in [5.41, 5.74) is 5.92. The monoisotopic (exact) mass is 227 g/mol. The van der Waals surface area contributed by atoms with Crippen molar-refractivity contribution in [3.63, 3.8) is 0 Å². The van der Waals surface area contributed by atoms with Crippen LogP contribution in [0.5, 0.6) is 5.75 Å². The van der Waals surface area contributed by atoms with Gasteiger partial charge in [0.25, 0.3) is 0 Å². The maximum absolute atomic E-state index is 13.5. The minimum Gasteiger partial charge on any atom is -0.488 e. The fourth-order valence-electron chi connectivity index (χ4n) is 1.13. The Bertz CT molecular complexity index is 381. The summed E-state index contributed by atoms with van der Waals surface area (Å²) in [4.78, 5) is 11.0. The number of hydrogen-bond donors (Lipinski definition) is 1. The minimum absolute atomic E-state index is 0.0827. The maximum atomic E-state index is 13.5. The molecule has 0 aliphatic carbocycles. The molecule has 1 aromatic carbocycles. The molecule has 0 spiro atoms. The summed E-state index contributed by atoms with van der Waals surface area (Å²) in [7, 11) is 1.23. The number of aryl methyl sites for hydroxylation is 1. The van der Waals surface area contributed by atoms with Crippen LogP contribution in [0.4, 0.5) is 4.39 Å². The molecule has 1 aromatic rings. The van der Waals surface area contributed by atoms with Crippen LogP contribution in [0.25, 0.3) is 0 Å². The highest BCUT2D eigenvalue weighted by molar-refractivity contribution is 5.75. The van der Waals surface area contributed by atoms with Gasteiger partial charge in [0.1, 0.15) is 12.6 Å². The zero-order valence-corrected chi connectivity index (χ0v) is 9.20. The molecule has 0 saturated heterocycles. The van der Waals surface area contributed by atoms with Crippen molar-refractivity contribution < 1.29 is 18.7 Å². The predicted octanol–water partition coefficient (Wildman–Crippen LogP) is 1.01. The minimum atomic E-state index is -0.912. The summed E-state index contributed by atoms with van der Waals surface area (Å²) in [6.45, 7) is 1.51. The van der Waals surface area contributed by atoms with Crippen LogP contribution in [0.3, 0.4) is 0 Å². The molecule has 88 valence electrons. The normalized spacial score (nSPS) is 12.0. The quantitative estimate of drug-likeness (QED) is 0.780. The number of carbonyl (C=O) groups excluding carboxylic acids is 1. The van der Waals surface area contributed by atoms with Crippen molar-refractivity contribution in [2.24, 2.45) is 5.73 Å². The number of hydrogen-bond acceptors (Lipinski definition) is 4. The second-order valence-electron chi connectivity index (χ2n) is 3.33. The van der Waals surface area contributed by atoms with E-state index in [0.29, 0.717) is 5.56 Å². The first kappa shape index (κ1) is 12.4. The lowest BCUT2D eigenvalue weighted by atomic mass is 10.2. The van der Waals surface area contributed by atoms with Gasteiger partial charge in [-0.15, -0.1) is 0 Å². The maximum Gasteiger partial charge on any atom is 0.326 e. The molecule has 0 amide bonds. The summed E-state index contributed by atoms with van der Waals surface area (Å²) in [5, 5.41) is 0. The molecule has 2 N–H and O–H groups in total. The van der Waals surface area contributed by atoms with Crippen molar-refractivity contribution in [2.75, 3.05) is 13.7 Å². The molecule has 0 aromatic heterocycles. The molecular weight excluding hydrogens is 213 g/mol. The molecule has 0 aliphatic heterocycles. The van der Waals surface area contributed by atoms with E-state index in [1.807, 2.05) is 0 Å². The van der Waals surface area contributed by atoms with Gasteiger partial charge in [0.05, 0.1) is 7.11 Å². The summed E-state index contributed by atoms with van der Waals surface area (Å²) < 4.78 is 23.0. The molecule has 16 heavy (non-hydrogen) atoms. The van der Waals surface area contributed by atoms with Crippen LogP contribution in [0, 0.1) is 12.7 Å². The molecule has 1 unspecified atom stereocenters. The first-order valence-electron chi connectivity index (χ1n) is 4.77. The van der Waals surface area contributed by atoms with E-state index in [9.17, 15) is 9.18 Å². The van der Waals surface area contributed by atoms with Crippen LogP contribution < -0.4 is 10.5 Å². The lowest BCUT2D eigenvalue weighted by molar-refractivity contribution is -0.142. The Kier molecular flexibility index (Phi) is 4.25. The Morgan fingerprint density at radius 3 is 2.88 bits per heavy atom. The Morgan fingerprint density at radius 1 is 1.56 bits per heavy atom. The van der Waals surface area contributed by atoms with Crippen LogP contribution in [-0.4, -0.2) is 25.7 Å². The third-order valence-electron chi connectivity index (χ3n) is 2.08. The first-order chi connectivity index (χ1) is 7.56. The third-order valence-corrected chi connectivity index (χ3v) is 2.08. The topological polar surface area (TPSA) is 61.5 Å². The molecule has 0 fully saturated rings. The van der Waals surface area contributed by atoms with Crippen molar-refractivity contribution in [3.05, 3.63) is 29.6 Å². The standard InChI is InChI=1S/C11H14FNO3/c1-7-4-3-5-9(10(7)12)16-6-8(13)11(14)15-2/h3-5,8H,6,13H2,1-2H3. The van der Waals surface area contributed by atoms with Gasteiger partial charge in [-0.25, -0.2) is 4.39 Å². The Hall–Kier alpha value is -1.62. The van der Waals surface area contributed by atoms with Gasteiger partial charge in [-0.1, -0.05) is 12.1 Å². The van der Waals surface area contributed by atoms with Crippen LogP contribution in [0.1, 0.15) is 5.56 Å². The van der Waals surface area contributed by atoms with Gasteiger partial charge < -0.3 is 15.2 Å². The van der Waals surface area contributed by atoms with Crippen LogP contribution in [0.15, 0.2) is 18.2 Å². The van der Waals surface area contributed by atoms with Crippen LogP contribution >= 0.6 is 0 Å². The van der Waals surface area contributed by atoms with Crippen LogP contribution in [0.2, 0.25) is 0 Å². The van der Waals surface area contributed by atoms with Crippen molar-refractivity contribution in [1.82, 2.24) is 0 Å². The first-order valence-corrected chi connectivity index (χ1v) is 4.77. The number of nitrogens with two attached hydrogens (primary N) is 1. The third kappa shape index (κ3) is 2.93. The number of ether oxygens (including phenoxy) is 2. The molecule has 1 atom stereocenters. The highest BCUT2D eigenvalue weighted by atomic mass is 19.1. The molecule has 0 heterocycles. The SMILES string of the molecule is COC(=O)C(N)COc1cccc(C)c1F. The lowest BCUT2D eigenvalue weighted by Crippen LogP contribution is -2.37. The summed E-state index contributed by atoms with van der Waals surface area (Å²) in [6.07, 6.45) is 0. The molecule has 4 nitrogen and oxygen atoms in total. The number of carbonyl (C=O) groups is 1. The van der Waals surface area contributed by atoms with E-state index in [1.54, 1.807) is 19.1 Å². The number of benzene rings is 1. The van der Waals surface area contributed by atoms with Gasteiger partial charge in [-0.3, -0.25) is 4.79 Å². The van der Waals surface area contributed by atoms with E-state index in [0.717, 1.165) is 0 Å². The Balaban J connectivity index is 2.61. The molecular formula is C11H14FNO3. The van der Waals surface area contributed by atoms with E-state index >= 15 is 0 Å². The van der Waals surface area contributed by atoms with Crippen molar-refractivity contribution in [1.29, 1.82) is 0 Å². The average molecular weight is 227 g/mol. The van der Waals surface area contributed by atoms with Crippen LogP contribution in [-0.2, 0) is 9.53 Å². The number of halogens is 1. The second-order valence-corrected chi connectivity index (χ2v) is 3.33. The van der Waals surface area contributed by atoms with Gasteiger partial charge in [-0.05, 0) is 18.6 Å². The van der Waals surface area contributed by atoms with Crippen molar-refractivity contribution in [2.45, 2.75) is 13.0 Å². The highest BCUT2D eigenvalue weighted by Gasteiger charge is 2.15. The van der Waals surface area contributed by atoms with Gasteiger partial charge in [-0.2, -0.15) is 0 Å². The number of esters is 1. The molecule has 0 radical (unpaired) electrons. The molecule has 1 rings (SSSR count). The smallest absolute Gasteiger partial charge is 0.326 e. The highest BCUT2D eigenvalue weighted by Crippen LogP contribution is 2.19. The fraction of sp³-hybridized carbons (Fsp3) is 0.364. The van der Waals surface area contributed by atoms with Gasteiger partial charge in [0.2, 0.25) is 0 Å². The molecule has 0 aliphatic rings. The molecule has 0 bridgehead atoms. The largest absolute Gasteiger partial charge is 0.488 e. The van der Waals surface area contributed by atoms with Gasteiger partial charge in [0, 0.05) is 0 Å². The second kappa shape index (κ2) is 5.46. The number of rotatable bonds is 4. The van der Waals surface area contributed by atoms with E-state index in [4.69, 9.17) is 10.5 Å². The van der Waals surface area contributed by atoms with Crippen molar-refractivity contribution >= 4 is 5.97 Å². The van der Waals surface area contributed by atoms with Crippen molar-refractivity contribution in [3.8, 4) is 5.75 Å². The molecule has 5 heteroatoms. The summed E-state index contributed by atoms with van der Waals surface area (Å²) >= 11 is 0. The Labute approximate surface area is 93.2 Å². The van der Waals surface area contributed by atoms with E-state index in [1.165, 1.54) is 13.2 Å². The average Bonchev–Trinajstić information content (AvgIpc) is 2.29. The van der Waals surface area contributed by atoms with E-state index in [2.05, 4.69) is 4.74 Å². The van der Waals surface area contributed by atoms with E-state index < -0.39 is 17.8 Å². The van der Waals surface area contributed by atoms with Gasteiger partial charge >= 0.3 is 5.97 Å². The number of methoxy groups -OCH3 is 1. The zero-order chi connectivity index (χ0) is 12.1. The van der Waals surface area contributed by atoms with Gasteiger partial charge in [0.15, 0.2) is 11.6 Å². The zero-order valence-electron chi connectivity index (χ0n) is 9.20. The van der Waals surface area contributed by atoms with E-state index in [-0.39, 0.29) is 12.4 Å². The summed E-state index contributed by atoms with van der Waals surface area (Å²) in [6, 6.07) is 3.86. The predicted molar refractivity (Wildman–Crippen MR) is 56.6 cm³/mol. The summed E-state index contributed by atoms with van der Waals surface area (Å²) in [5.74, 6) is -0.952. The Morgan fingerprint density at radius 2 is 2.25 bits per heavy atom. The lowest BCUT2D eigenvalue weighted by Gasteiger charge is -2.12.